The van der Waals surface area contributed by atoms with Crippen LogP contribution in [0.15, 0.2) is 6.07 Å². The van der Waals surface area contributed by atoms with Crippen LogP contribution in [0.1, 0.15) is 36.1 Å². The van der Waals surface area contributed by atoms with E-state index in [0.717, 1.165) is 25.0 Å². The van der Waals surface area contributed by atoms with E-state index >= 15 is 0 Å². The van der Waals surface area contributed by atoms with E-state index in [1.807, 2.05) is 6.07 Å². The average molecular weight is 258 g/mol. The summed E-state index contributed by atoms with van der Waals surface area (Å²) in [6.45, 7) is 0.486. The third-order valence-corrected chi connectivity index (χ3v) is 3.34. The molecule has 1 aliphatic carbocycles. The van der Waals surface area contributed by atoms with E-state index in [1.54, 1.807) is 7.05 Å². The predicted octanol–water partition coefficient (Wildman–Crippen LogP) is 1.38. The summed E-state index contributed by atoms with van der Waals surface area (Å²) < 4.78 is 0. The van der Waals surface area contributed by atoms with Gasteiger partial charge in [0.15, 0.2) is 0 Å². The number of carbonyl (C=O) groups is 1. The summed E-state index contributed by atoms with van der Waals surface area (Å²) in [5.41, 5.74) is 2.85. The van der Waals surface area contributed by atoms with Crippen LogP contribution < -0.4 is 10.6 Å². The van der Waals surface area contributed by atoms with Crippen molar-refractivity contribution in [2.24, 2.45) is 0 Å². The number of nitrogens with one attached hydrogen (secondary N) is 2. The zero-order chi connectivity index (χ0) is 13.7. The molecule has 0 bridgehead atoms. The van der Waals surface area contributed by atoms with Gasteiger partial charge < -0.3 is 10.6 Å². The summed E-state index contributed by atoms with van der Waals surface area (Å²) in [6.07, 6.45) is 4.69. The van der Waals surface area contributed by atoms with Crippen LogP contribution in [0.4, 0.5) is 5.82 Å². The molecule has 0 atom stereocenters. The largest absolute Gasteiger partial charge is 0.368 e. The Hall–Kier alpha value is -2.09. The van der Waals surface area contributed by atoms with E-state index in [2.05, 4.69) is 21.7 Å². The molecule has 5 heteroatoms. The van der Waals surface area contributed by atoms with Gasteiger partial charge in [-0.15, -0.1) is 0 Å². The first-order valence-electron chi connectivity index (χ1n) is 6.62. The van der Waals surface area contributed by atoms with Gasteiger partial charge in [-0.2, -0.15) is 5.26 Å². The van der Waals surface area contributed by atoms with Gasteiger partial charge in [-0.25, -0.2) is 4.98 Å². The fourth-order valence-electron chi connectivity index (χ4n) is 2.27. The Morgan fingerprint density at radius 3 is 3.00 bits per heavy atom. The summed E-state index contributed by atoms with van der Waals surface area (Å²) in [6, 6.07) is 4.11. The Morgan fingerprint density at radius 2 is 2.26 bits per heavy atom. The second kappa shape index (κ2) is 6.19. The number of pyridine rings is 1. The van der Waals surface area contributed by atoms with Crippen LogP contribution in [-0.4, -0.2) is 24.5 Å². The fourth-order valence-corrected chi connectivity index (χ4v) is 2.27. The summed E-state index contributed by atoms with van der Waals surface area (Å²) in [7, 11) is 1.61. The molecule has 0 saturated carbocycles. The molecular weight excluding hydrogens is 240 g/mol. The minimum Gasteiger partial charge on any atom is -0.368 e. The minimum atomic E-state index is -0.0241. The van der Waals surface area contributed by atoms with Crippen LogP contribution in [0.2, 0.25) is 0 Å². The molecule has 0 spiro atoms. The van der Waals surface area contributed by atoms with Crippen LogP contribution in [0, 0.1) is 11.3 Å². The number of carbonyl (C=O) groups excluding carboxylic acids is 1. The normalized spacial score (nSPS) is 13.3. The van der Waals surface area contributed by atoms with Crippen LogP contribution in [-0.2, 0) is 17.6 Å². The highest BCUT2D eigenvalue weighted by Crippen LogP contribution is 2.24. The van der Waals surface area contributed by atoms with E-state index < -0.39 is 0 Å². The molecule has 0 fully saturated rings. The molecule has 0 aliphatic heterocycles. The Morgan fingerprint density at radius 1 is 1.47 bits per heavy atom. The molecule has 1 aliphatic rings. The van der Waals surface area contributed by atoms with E-state index in [9.17, 15) is 4.79 Å². The smallest absolute Gasteiger partial charge is 0.221 e. The van der Waals surface area contributed by atoms with Gasteiger partial charge in [0.25, 0.3) is 0 Å². The number of hydrogen-bond donors (Lipinski definition) is 2. The second-order valence-electron chi connectivity index (χ2n) is 4.66. The van der Waals surface area contributed by atoms with Crippen LogP contribution >= 0.6 is 0 Å². The zero-order valence-electron chi connectivity index (χ0n) is 11.1. The van der Waals surface area contributed by atoms with Gasteiger partial charge in [-0.3, -0.25) is 4.79 Å². The zero-order valence-corrected chi connectivity index (χ0v) is 11.1. The van der Waals surface area contributed by atoms with Gasteiger partial charge in [-0.05, 0) is 37.3 Å². The number of anilines is 1. The van der Waals surface area contributed by atoms with Crippen LogP contribution in [0.5, 0.6) is 0 Å². The van der Waals surface area contributed by atoms with E-state index in [1.165, 1.54) is 12.0 Å². The lowest BCUT2D eigenvalue weighted by Gasteiger charge is -2.17. The first kappa shape index (κ1) is 13.3. The molecule has 0 aromatic carbocycles. The second-order valence-corrected chi connectivity index (χ2v) is 4.66. The van der Waals surface area contributed by atoms with Gasteiger partial charge in [0, 0.05) is 25.7 Å². The molecule has 0 saturated heterocycles. The molecule has 19 heavy (non-hydrogen) atoms. The Labute approximate surface area is 113 Å². The molecule has 100 valence electrons. The lowest BCUT2D eigenvalue weighted by atomic mass is 9.95. The van der Waals surface area contributed by atoms with Gasteiger partial charge >= 0.3 is 0 Å². The fraction of sp³-hybridized carbons (Fsp3) is 0.500. The number of fused-ring (bicyclic) bond motifs is 1. The molecule has 1 aromatic rings. The van der Waals surface area contributed by atoms with Crippen molar-refractivity contribution in [1.82, 2.24) is 10.3 Å². The number of rotatable bonds is 4. The minimum absolute atomic E-state index is 0.0241. The third-order valence-electron chi connectivity index (χ3n) is 3.34. The van der Waals surface area contributed by atoms with Crippen molar-refractivity contribution >= 4 is 11.7 Å². The van der Waals surface area contributed by atoms with E-state index in [-0.39, 0.29) is 5.91 Å². The maximum absolute atomic E-state index is 11.2. The van der Waals surface area contributed by atoms with Crippen molar-refractivity contribution in [2.45, 2.75) is 32.1 Å². The molecule has 5 nitrogen and oxygen atoms in total. The first-order valence-corrected chi connectivity index (χ1v) is 6.62. The molecule has 1 amide bonds. The standard InChI is InChI=1S/C14H18N4O/c1-16-13(19)6-7-17-14-11(9-15)8-10-4-2-3-5-12(10)18-14/h8H,2-7H2,1H3,(H,16,19)(H,17,18). The molecule has 1 heterocycles. The molecule has 2 rings (SSSR count). The predicted molar refractivity (Wildman–Crippen MR) is 72.8 cm³/mol. The van der Waals surface area contributed by atoms with Crippen molar-refractivity contribution in [3.63, 3.8) is 0 Å². The average Bonchev–Trinajstić information content (AvgIpc) is 2.46. The van der Waals surface area contributed by atoms with Gasteiger partial charge in [-0.1, -0.05) is 0 Å². The number of aryl methyl sites for hydroxylation is 2. The van der Waals surface area contributed by atoms with Crippen molar-refractivity contribution < 1.29 is 4.79 Å². The molecule has 0 radical (unpaired) electrons. The SMILES string of the molecule is CNC(=O)CCNc1nc2c(cc1C#N)CCCC2. The maximum atomic E-state index is 11.2. The Balaban J connectivity index is 2.11. The number of hydrogen-bond acceptors (Lipinski definition) is 4. The topological polar surface area (TPSA) is 77.8 Å². The molecular formula is C14H18N4O. The van der Waals surface area contributed by atoms with E-state index in [0.29, 0.717) is 24.3 Å². The van der Waals surface area contributed by atoms with Crippen molar-refractivity contribution in [3.05, 3.63) is 22.9 Å². The summed E-state index contributed by atoms with van der Waals surface area (Å²) in [5, 5.41) is 14.8. The highest BCUT2D eigenvalue weighted by molar-refractivity contribution is 5.76. The van der Waals surface area contributed by atoms with E-state index in [4.69, 9.17) is 5.26 Å². The monoisotopic (exact) mass is 258 g/mol. The maximum Gasteiger partial charge on any atom is 0.221 e. The number of nitriles is 1. The Kier molecular flexibility index (Phi) is 4.35. The first-order chi connectivity index (χ1) is 9.24. The Bertz CT molecular complexity index is 519. The van der Waals surface area contributed by atoms with Gasteiger partial charge in [0.1, 0.15) is 11.9 Å². The quantitative estimate of drug-likeness (QED) is 0.855. The highest BCUT2D eigenvalue weighted by atomic mass is 16.1. The highest BCUT2D eigenvalue weighted by Gasteiger charge is 2.14. The summed E-state index contributed by atoms with van der Waals surface area (Å²) >= 11 is 0. The van der Waals surface area contributed by atoms with Crippen LogP contribution in [0.25, 0.3) is 0 Å². The van der Waals surface area contributed by atoms with Crippen molar-refractivity contribution in [3.8, 4) is 6.07 Å². The van der Waals surface area contributed by atoms with Crippen LogP contribution in [0.3, 0.4) is 0 Å². The van der Waals surface area contributed by atoms with Crippen molar-refractivity contribution in [1.29, 1.82) is 5.26 Å². The summed E-state index contributed by atoms with van der Waals surface area (Å²) in [4.78, 5) is 15.7. The van der Waals surface area contributed by atoms with Gasteiger partial charge in [0.2, 0.25) is 5.91 Å². The number of aromatic nitrogens is 1. The lowest BCUT2D eigenvalue weighted by molar-refractivity contribution is -0.120. The molecule has 1 aromatic heterocycles. The third kappa shape index (κ3) is 3.22. The molecule has 2 N–H and O–H groups in total. The van der Waals surface area contributed by atoms with Gasteiger partial charge in [0.05, 0.1) is 5.56 Å². The number of nitrogens with zero attached hydrogens (tertiary/aromatic N) is 2. The number of amides is 1. The molecule has 0 unspecified atom stereocenters. The van der Waals surface area contributed by atoms with Crippen molar-refractivity contribution in [2.75, 3.05) is 18.9 Å². The lowest BCUT2D eigenvalue weighted by Crippen LogP contribution is -2.21. The summed E-state index contributed by atoms with van der Waals surface area (Å²) in [5.74, 6) is 0.580.